The van der Waals surface area contributed by atoms with Crippen LogP contribution in [0.5, 0.6) is 0 Å². The van der Waals surface area contributed by atoms with Gasteiger partial charge in [-0.3, -0.25) is 4.79 Å². The second-order valence-corrected chi connectivity index (χ2v) is 5.37. The number of nitrogens with one attached hydrogen (secondary N) is 1. The standard InChI is InChI=1S/C15H21F3N2O/c1-10(8-19)9-20-14(21)7-11(2)12-3-5-13(6-4-12)15(16,17)18/h3-6,10-11H,7-9,19H2,1-2H3,(H,20,21). The average Bonchev–Trinajstić information content (AvgIpc) is 2.43. The molecule has 0 fully saturated rings. The minimum atomic E-state index is -4.34. The van der Waals surface area contributed by atoms with Crippen molar-refractivity contribution >= 4 is 5.91 Å². The Bertz CT molecular complexity index is 457. The quantitative estimate of drug-likeness (QED) is 0.849. The van der Waals surface area contributed by atoms with Crippen LogP contribution in [0.4, 0.5) is 13.2 Å². The van der Waals surface area contributed by atoms with E-state index in [2.05, 4.69) is 5.32 Å². The van der Waals surface area contributed by atoms with E-state index in [0.29, 0.717) is 18.7 Å². The van der Waals surface area contributed by atoms with Crippen LogP contribution in [0.3, 0.4) is 0 Å². The van der Waals surface area contributed by atoms with Gasteiger partial charge in [-0.2, -0.15) is 13.2 Å². The van der Waals surface area contributed by atoms with Gasteiger partial charge in [0, 0.05) is 13.0 Å². The molecule has 1 aromatic rings. The maximum absolute atomic E-state index is 12.5. The van der Waals surface area contributed by atoms with Gasteiger partial charge in [-0.1, -0.05) is 26.0 Å². The molecule has 0 saturated carbocycles. The first-order valence-electron chi connectivity index (χ1n) is 6.88. The number of alkyl halides is 3. The molecule has 0 aromatic heterocycles. The zero-order valence-corrected chi connectivity index (χ0v) is 12.2. The molecular formula is C15H21F3N2O. The van der Waals surface area contributed by atoms with Crippen molar-refractivity contribution in [2.75, 3.05) is 13.1 Å². The van der Waals surface area contributed by atoms with Gasteiger partial charge in [-0.15, -0.1) is 0 Å². The number of hydrogen-bond donors (Lipinski definition) is 2. The molecule has 1 amide bonds. The highest BCUT2D eigenvalue weighted by Crippen LogP contribution is 2.30. The lowest BCUT2D eigenvalue weighted by Crippen LogP contribution is -2.31. The third-order valence-corrected chi connectivity index (χ3v) is 3.35. The summed E-state index contributed by atoms with van der Waals surface area (Å²) < 4.78 is 37.4. The Kier molecular flexibility index (Phi) is 6.20. The van der Waals surface area contributed by atoms with Crippen LogP contribution in [0.2, 0.25) is 0 Å². The molecule has 3 N–H and O–H groups in total. The van der Waals surface area contributed by atoms with Gasteiger partial charge < -0.3 is 11.1 Å². The molecule has 0 aliphatic rings. The van der Waals surface area contributed by atoms with E-state index < -0.39 is 11.7 Å². The van der Waals surface area contributed by atoms with Crippen LogP contribution >= 0.6 is 0 Å². The zero-order valence-electron chi connectivity index (χ0n) is 12.2. The van der Waals surface area contributed by atoms with Crippen LogP contribution in [-0.4, -0.2) is 19.0 Å². The Morgan fingerprint density at radius 1 is 1.24 bits per heavy atom. The first kappa shape index (κ1) is 17.5. The highest BCUT2D eigenvalue weighted by atomic mass is 19.4. The Morgan fingerprint density at radius 3 is 2.29 bits per heavy atom. The second-order valence-electron chi connectivity index (χ2n) is 5.37. The van der Waals surface area contributed by atoms with Gasteiger partial charge in [0.05, 0.1) is 5.56 Å². The van der Waals surface area contributed by atoms with E-state index >= 15 is 0 Å². The van der Waals surface area contributed by atoms with Crippen molar-refractivity contribution in [1.82, 2.24) is 5.32 Å². The van der Waals surface area contributed by atoms with Crippen molar-refractivity contribution < 1.29 is 18.0 Å². The van der Waals surface area contributed by atoms with Gasteiger partial charge in [-0.05, 0) is 36.1 Å². The molecule has 2 atom stereocenters. The topological polar surface area (TPSA) is 55.1 Å². The summed E-state index contributed by atoms with van der Waals surface area (Å²) in [5, 5.41) is 2.77. The second kappa shape index (κ2) is 7.45. The number of nitrogens with two attached hydrogens (primary N) is 1. The van der Waals surface area contributed by atoms with Gasteiger partial charge in [0.1, 0.15) is 0 Å². The Balaban J connectivity index is 2.55. The summed E-state index contributed by atoms with van der Waals surface area (Å²) in [4.78, 5) is 11.7. The molecule has 2 unspecified atom stereocenters. The van der Waals surface area contributed by atoms with Gasteiger partial charge >= 0.3 is 6.18 Å². The van der Waals surface area contributed by atoms with E-state index in [4.69, 9.17) is 5.73 Å². The Hall–Kier alpha value is -1.56. The number of amides is 1. The lowest BCUT2D eigenvalue weighted by Gasteiger charge is -2.15. The van der Waals surface area contributed by atoms with Crippen molar-refractivity contribution in [3.8, 4) is 0 Å². The van der Waals surface area contributed by atoms with Crippen LogP contribution in [0.1, 0.15) is 37.3 Å². The maximum Gasteiger partial charge on any atom is 0.416 e. The van der Waals surface area contributed by atoms with Crippen LogP contribution in [0.25, 0.3) is 0 Å². The third-order valence-electron chi connectivity index (χ3n) is 3.35. The first-order valence-corrected chi connectivity index (χ1v) is 6.88. The summed E-state index contributed by atoms with van der Waals surface area (Å²) in [6.45, 7) is 4.75. The normalized spacial score (nSPS) is 14.6. The number of carbonyl (C=O) groups is 1. The fourth-order valence-corrected chi connectivity index (χ4v) is 1.84. The molecule has 0 saturated heterocycles. The monoisotopic (exact) mass is 302 g/mol. The minimum absolute atomic E-state index is 0.123. The SMILES string of the molecule is CC(CN)CNC(=O)CC(C)c1ccc(C(F)(F)F)cc1. The molecule has 0 bridgehead atoms. The molecule has 0 heterocycles. The van der Waals surface area contributed by atoms with Gasteiger partial charge in [0.15, 0.2) is 0 Å². The molecule has 3 nitrogen and oxygen atoms in total. The minimum Gasteiger partial charge on any atom is -0.356 e. The van der Waals surface area contributed by atoms with Crippen molar-refractivity contribution in [3.63, 3.8) is 0 Å². The summed E-state index contributed by atoms with van der Waals surface area (Å²) in [6, 6.07) is 4.92. The average molecular weight is 302 g/mol. The fraction of sp³-hybridized carbons (Fsp3) is 0.533. The molecule has 1 aromatic carbocycles. The Labute approximate surface area is 122 Å². The highest BCUT2D eigenvalue weighted by Gasteiger charge is 2.30. The summed E-state index contributed by atoms with van der Waals surface area (Å²) in [6.07, 6.45) is -4.10. The van der Waals surface area contributed by atoms with E-state index in [1.165, 1.54) is 12.1 Å². The smallest absolute Gasteiger partial charge is 0.356 e. The number of rotatable bonds is 6. The van der Waals surface area contributed by atoms with Crippen molar-refractivity contribution in [2.45, 2.75) is 32.4 Å². The molecule has 6 heteroatoms. The summed E-state index contributed by atoms with van der Waals surface area (Å²) in [7, 11) is 0. The number of benzene rings is 1. The van der Waals surface area contributed by atoms with Gasteiger partial charge in [-0.25, -0.2) is 0 Å². The van der Waals surface area contributed by atoms with E-state index in [9.17, 15) is 18.0 Å². The predicted molar refractivity (Wildman–Crippen MR) is 75.7 cm³/mol. The van der Waals surface area contributed by atoms with E-state index in [1.807, 2.05) is 13.8 Å². The highest BCUT2D eigenvalue weighted by molar-refractivity contribution is 5.76. The summed E-state index contributed by atoms with van der Waals surface area (Å²) in [5.74, 6) is -0.0570. The van der Waals surface area contributed by atoms with Crippen LogP contribution in [-0.2, 0) is 11.0 Å². The van der Waals surface area contributed by atoms with E-state index in [-0.39, 0.29) is 24.2 Å². The molecule has 0 spiro atoms. The van der Waals surface area contributed by atoms with Crippen molar-refractivity contribution in [1.29, 1.82) is 0 Å². The first-order chi connectivity index (χ1) is 9.74. The lowest BCUT2D eigenvalue weighted by molar-refractivity contribution is -0.137. The van der Waals surface area contributed by atoms with Crippen LogP contribution < -0.4 is 11.1 Å². The number of halogens is 3. The molecule has 0 radical (unpaired) electrons. The van der Waals surface area contributed by atoms with Crippen LogP contribution in [0.15, 0.2) is 24.3 Å². The van der Waals surface area contributed by atoms with E-state index in [0.717, 1.165) is 12.1 Å². The van der Waals surface area contributed by atoms with Crippen molar-refractivity contribution in [3.05, 3.63) is 35.4 Å². The molecule has 0 aliphatic carbocycles. The molecule has 118 valence electrons. The molecule has 1 rings (SSSR count). The predicted octanol–water partition coefficient (Wildman–Crippen LogP) is 2.91. The number of hydrogen-bond acceptors (Lipinski definition) is 2. The summed E-state index contributed by atoms with van der Waals surface area (Å²) in [5.41, 5.74) is 5.49. The fourth-order valence-electron chi connectivity index (χ4n) is 1.84. The third kappa shape index (κ3) is 5.75. The largest absolute Gasteiger partial charge is 0.416 e. The molecular weight excluding hydrogens is 281 g/mol. The summed E-state index contributed by atoms with van der Waals surface area (Å²) >= 11 is 0. The lowest BCUT2D eigenvalue weighted by atomic mass is 9.96. The Morgan fingerprint density at radius 2 is 1.81 bits per heavy atom. The van der Waals surface area contributed by atoms with E-state index in [1.54, 1.807) is 0 Å². The molecule has 0 aliphatic heterocycles. The maximum atomic E-state index is 12.5. The van der Waals surface area contributed by atoms with Crippen molar-refractivity contribution in [2.24, 2.45) is 11.7 Å². The van der Waals surface area contributed by atoms with Crippen LogP contribution in [0, 0.1) is 5.92 Å². The van der Waals surface area contributed by atoms with Gasteiger partial charge in [0.25, 0.3) is 0 Å². The number of carbonyl (C=O) groups excluding carboxylic acids is 1. The zero-order chi connectivity index (χ0) is 16.0. The van der Waals surface area contributed by atoms with Gasteiger partial charge in [0.2, 0.25) is 5.91 Å². The molecule has 21 heavy (non-hydrogen) atoms.